The zero-order valence-corrected chi connectivity index (χ0v) is 17.7. The highest BCUT2D eigenvalue weighted by molar-refractivity contribution is 6.06. The molecule has 3 aromatic rings. The summed E-state index contributed by atoms with van der Waals surface area (Å²) in [6, 6.07) is 5.59. The van der Waals surface area contributed by atoms with Gasteiger partial charge in [0.2, 0.25) is 0 Å². The molecule has 1 unspecified atom stereocenters. The second-order valence-electron chi connectivity index (χ2n) is 8.12. The van der Waals surface area contributed by atoms with Crippen molar-refractivity contribution in [2.24, 2.45) is 5.92 Å². The van der Waals surface area contributed by atoms with Crippen LogP contribution in [-0.2, 0) is 4.74 Å². The molecule has 0 aromatic carbocycles. The van der Waals surface area contributed by atoms with Crippen molar-refractivity contribution >= 4 is 17.0 Å². The second-order valence-corrected chi connectivity index (χ2v) is 8.12. The maximum Gasteiger partial charge on any atom is 0.259 e. The molecule has 8 heteroatoms. The van der Waals surface area contributed by atoms with Gasteiger partial charge in [-0.3, -0.25) is 9.69 Å². The summed E-state index contributed by atoms with van der Waals surface area (Å²) in [7, 11) is 0. The van der Waals surface area contributed by atoms with Crippen molar-refractivity contribution in [1.29, 1.82) is 0 Å². The first kappa shape index (κ1) is 20.6. The Hall–Kier alpha value is -2.71. The number of morpholine rings is 1. The number of aryl methyl sites for hydroxylation is 1. The Morgan fingerprint density at radius 2 is 2.10 bits per heavy atom. The van der Waals surface area contributed by atoms with Crippen LogP contribution in [-0.4, -0.2) is 59.8 Å². The molecule has 1 saturated heterocycles. The Kier molecular flexibility index (Phi) is 6.15. The van der Waals surface area contributed by atoms with Crippen LogP contribution in [0.5, 0.6) is 0 Å². The SMILES string of the molecule is Cc1noc2nc(-c3ccco3)cc(C(=O)NCC(CC(C)C)N3CCOCC3)c12. The number of amides is 1. The summed E-state index contributed by atoms with van der Waals surface area (Å²) in [6.45, 7) is 10.0. The number of nitrogens with zero attached hydrogens (tertiary/aromatic N) is 3. The number of fused-ring (bicyclic) bond motifs is 1. The number of furan rings is 1. The van der Waals surface area contributed by atoms with E-state index in [2.05, 4.69) is 34.2 Å². The number of rotatable bonds is 7. The van der Waals surface area contributed by atoms with Gasteiger partial charge in [-0.25, -0.2) is 4.98 Å². The van der Waals surface area contributed by atoms with Crippen LogP contribution in [0.3, 0.4) is 0 Å². The number of pyridine rings is 1. The highest BCUT2D eigenvalue weighted by atomic mass is 16.5. The van der Waals surface area contributed by atoms with Crippen LogP contribution in [0, 0.1) is 12.8 Å². The molecule has 1 amide bonds. The zero-order valence-electron chi connectivity index (χ0n) is 17.7. The Labute approximate surface area is 175 Å². The fraction of sp³-hybridized carbons (Fsp3) is 0.500. The lowest BCUT2D eigenvalue weighted by molar-refractivity contribution is 0.0124. The first-order chi connectivity index (χ1) is 14.5. The summed E-state index contributed by atoms with van der Waals surface area (Å²) in [5.74, 6) is 0.947. The Morgan fingerprint density at radius 1 is 1.30 bits per heavy atom. The fourth-order valence-electron chi connectivity index (χ4n) is 3.98. The van der Waals surface area contributed by atoms with E-state index in [0.29, 0.717) is 46.3 Å². The molecule has 160 valence electrons. The van der Waals surface area contributed by atoms with E-state index in [1.54, 1.807) is 24.5 Å². The van der Waals surface area contributed by atoms with Gasteiger partial charge in [-0.2, -0.15) is 0 Å². The molecule has 1 aliphatic heterocycles. The number of nitrogens with one attached hydrogen (secondary N) is 1. The minimum atomic E-state index is -0.163. The van der Waals surface area contributed by atoms with Gasteiger partial charge in [0.25, 0.3) is 11.6 Å². The predicted octanol–water partition coefficient (Wildman–Crippen LogP) is 3.27. The van der Waals surface area contributed by atoms with Crippen LogP contribution in [0.15, 0.2) is 33.4 Å². The first-order valence-electron chi connectivity index (χ1n) is 10.4. The topological polar surface area (TPSA) is 93.6 Å². The summed E-state index contributed by atoms with van der Waals surface area (Å²) in [5.41, 5.74) is 2.01. The van der Waals surface area contributed by atoms with Gasteiger partial charge in [0.15, 0.2) is 5.76 Å². The molecule has 30 heavy (non-hydrogen) atoms. The summed E-state index contributed by atoms with van der Waals surface area (Å²) >= 11 is 0. The largest absolute Gasteiger partial charge is 0.463 e. The lowest BCUT2D eigenvalue weighted by Crippen LogP contribution is -2.49. The summed E-state index contributed by atoms with van der Waals surface area (Å²) in [5, 5.41) is 7.77. The third-order valence-electron chi connectivity index (χ3n) is 5.44. The average Bonchev–Trinajstić information content (AvgIpc) is 3.41. The van der Waals surface area contributed by atoms with E-state index in [0.717, 1.165) is 32.7 Å². The summed E-state index contributed by atoms with van der Waals surface area (Å²) in [6.07, 6.45) is 2.58. The smallest absolute Gasteiger partial charge is 0.259 e. The Bertz CT molecular complexity index is 990. The van der Waals surface area contributed by atoms with Crippen molar-refractivity contribution in [3.05, 3.63) is 35.7 Å². The first-order valence-corrected chi connectivity index (χ1v) is 10.4. The molecule has 1 aliphatic rings. The molecule has 0 spiro atoms. The van der Waals surface area contributed by atoms with Crippen LogP contribution in [0.25, 0.3) is 22.6 Å². The van der Waals surface area contributed by atoms with Gasteiger partial charge in [-0.15, -0.1) is 0 Å². The summed E-state index contributed by atoms with van der Waals surface area (Å²) < 4.78 is 16.3. The minimum Gasteiger partial charge on any atom is -0.463 e. The highest BCUT2D eigenvalue weighted by Crippen LogP contribution is 2.27. The Balaban J connectivity index is 1.58. The molecule has 0 saturated carbocycles. The van der Waals surface area contributed by atoms with Crippen LogP contribution in [0.1, 0.15) is 36.3 Å². The van der Waals surface area contributed by atoms with Crippen molar-refractivity contribution in [3.63, 3.8) is 0 Å². The van der Waals surface area contributed by atoms with Crippen molar-refractivity contribution in [2.75, 3.05) is 32.8 Å². The molecular formula is C22H28N4O4. The van der Waals surface area contributed by atoms with Crippen molar-refractivity contribution in [1.82, 2.24) is 20.4 Å². The number of hydrogen-bond donors (Lipinski definition) is 1. The molecule has 0 bridgehead atoms. The maximum atomic E-state index is 13.2. The molecule has 4 rings (SSSR count). The van der Waals surface area contributed by atoms with Crippen molar-refractivity contribution in [2.45, 2.75) is 33.2 Å². The Morgan fingerprint density at radius 3 is 2.80 bits per heavy atom. The third kappa shape index (κ3) is 4.39. The van der Waals surface area contributed by atoms with Gasteiger partial charge < -0.3 is 19.0 Å². The van der Waals surface area contributed by atoms with E-state index in [4.69, 9.17) is 13.7 Å². The number of carbonyl (C=O) groups excluding carboxylic acids is 1. The van der Waals surface area contributed by atoms with Gasteiger partial charge in [0.05, 0.1) is 36.1 Å². The normalized spacial score (nSPS) is 16.3. The maximum absolute atomic E-state index is 13.2. The molecule has 0 aliphatic carbocycles. The van der Waals surface area contributed by atoms with Gasteiger partial charge in [-0.05, 0) is 37.5 Å². The predicted molar refractivity (Wildman–Crippen MR) is 112 cm³/mol. The molecule has 1 atom stereocenters. The van der Waals surface area contributed by atoms with E-state index in [-0.39, 0.29) is 11.9 Å². The average molecular weight is 412 g/mol. The monoisotopic (exact) mass is 412 g/mol. The van der Waals surface area contributed by atoms with E-state index < -0.39 is 0 Å². The third-order valence-corrected chi connectivity index (χ3v) is 5.44. The number of ether oxygens (including phenoxy) is 1. The second kappa shape index (κ2) is 8.97. The van der Waals surface area contributed by atoms with Crippen molar-refractivity contribution in [3.8, 4) is 11.5 Å². The van der Waals surface area contributed by atoms with E-state index >= 15 is 0 Å². The van der Waals surface area contributed by atoms with Gasteiger partial charge in [-0.1, -0.05) is 19.0 Å². The van der Waals surface area contributed by atoms with Crippen LogP contribution < -0.4 is 5.32 Å². The number of hydrogen-bond acceptors (Lipinski definition) is 7. The lowest BCUT2D eigenvalue weighted by atomic mass is 10.0. The van der Waals surface area contributed by atoms with Crippen LogP contribution in [0.2, 0.25) is 0 Å². The lowest BCUT2D eigenvalue weighted by Gasteiger charge is -2.35. The fourth-order valence-corrected chi connectivity index (χ4v) is 3.98. The number of aromatic nitrogens is 2. The number of carbonyl (C=O) groups is 1. The van der Waals surface area contributed by atoms with Gasteiger partial charge >= 0.3 is 0 Å². The molecule has 0 radical (unpaired) electrons. The highest BCUT2D eigenvalue weighted by Gasteiger charge is 2.24. The van der Waals surface area contributed by atoms with Gasteiger partial charge in [0, 0.05) is 25.7 Å². The quantitative estimate of drug-likeness (QED) is 0.636. The van der Waals surface area contributed by atoms with E-state index in [1.807, 2.05) is 6.92 Å². The molecular weight excluding hydrogens is 384 g/mol. The van der Waals surface area contributed by atoms with Crippen molar-refractivity contribution < 1.29 is 18.5 Å². The van der Waals surface area contributed by atoms with E-state index in [9.17, 15) is 4.79 Å². The van der Waals surface area contributed by atoms with Crippen LogP contribution in [0.4, 0.5) is 0 Å². The summed E-state index contributed by atoms with van der Waals surface area (Å²) in [4.78, 5) is 20.1. The molecule has 4 heterocycles. The van der Waals surface area contributed by atoms with E-state index in [1.165, 1.54) is 0 Å². The zero-order chi connectivity index (χ0) is 21.1. The van der Waals surface area contributed by atoms with Crippen LogP contribution >= 0.6 is 0 Å². The molecule has 1 N–H and O–H groups in total. The molecule has 1 fully saturated rings. The van der Waals surface area contributed by atoms with Gasteiger partial charge in [0.1, 0.15) is 5.69 Å². The molecule has 3 aromatic heterocycles. The standard InChI is InChI=1S/C22H28N4O4/c1-14(2)11-16(26-6-9-28-10-7-26)13-23-21(27)17-12-18(19-5-4-8-29-19)24-22-20(17)15(3)25-30-22/h4-5,8,12,14,16H,6-7,9-11,13H2,1-3H3,(H,23,27). The minimum absolute atomic E-state index is 0.163. The molecule has 8 nitrogen and oxygen atoms in total.